The molecule has 1 aliphatic rings. The Bertz CT molecular complexity index is 688. The van der Waals surface area contributed by atoms with Gasteiger partial charge in [0.2, 0.25) is 5.91 Å². The molecule has 0 aromatic carbocycles. The first-order chi connectivity index (χ1) is 10.6. The van der Waals surface area contributed by atoms with Crippen LogP contribution in [0.3, 0.4) is 0 Å². The second-order valence-electron chi connectivity index (χ2n) is 5.09. The number of carbonyl (C=O) groups is 2. The Labute approximate surface area is 130 Å². The van der Waals surface area contributed by atoms with Crippen LogP contribution in [0.4, 0.5) is 5.13 Å². The summed E-state index contributed by atoms with van der Waals surface area (Å²) in [6.45, 7) is 0.731. The van der Waals surface area contributed by atoms with Crippen LogP contribution < -0.4 is 11.1 Å². The maximum absolute atomic E-state index is 11.9. The smallest absolute Gasteiger partial charge is 0.265 e. The molecule has 8 heteroatoms. The van der Waals surface area contributed by atoms with E-state index in [0.29, 0.717) is 22.9 Å². The lowest BCUT2D eigenvalue weighted by Crippen LogP contribution is -2.19. The minimum Gasteiger partial charge on any atom is -0.378 e. The Morgan fingerprint density at radius 2 is 2.41 bits per heavy atom. The third-order valence-corrected chi connectivity index (χ3v) is 4.19. The van der Waals surface area contributed by atoms with Gasteiger partial charge in [0.05, 0.1) is 18.2 Å². The predicted octanol–water partition coefficient (Wildman–Crippen LogP) is 1.74. The van der Waals surface area contributed by atoms with Crippen LogP contribution in [-0.4, -0.2) is 34.5 Å². The molecule has 116 valence electrons. The molecule has 0 aliphatic carbocycles. The highest BCUT2D eigenvalue weighted by molar-refractivity contribution is 7.14. The molecule has 0 bridgehead atoms. The highest BCUT2D eigenvalue weighted by atomic mass is 32.1. The van der Waals surface area contributed by atoms with Gasteiger partial charge in [-0.1, -0.05) is 0 Å². The monoisotopic (exact) mass is 320 g/mol. The largest absolute Gasteiger partial charge is 0.378 e. The Hall–Kier alpha value is -2.19. The molecule has 2 aromatic rings. The topological polar surface area (TPSA) is 110 Å². The van der Waals surface area contributed by atoms with Crippen molar-refractivity contribution in [1.29, 1.82) is 0 Å². The molecule has 4 N–H and O–H groups in total. The van der Waals surface area contributed by atoms with Gasteiger partial charge in [-0.05, 0) is 18.9 Å². The molecule has 1 fully saturated rings. The summed E-state index contributed by atoms with van der Waals surface area (Å²) in [6, 6.07) is 1.63. The summed E-state index contributed by atoms with van der Waals surface area (Å²) in [4.78, 5) is 30.1. The normalized spacial score (nSPS) is 17.5. The van der Waals surface area contributed by atoms with E-state index in [1.165, 1.54) is 11.3 Å². The predicted molar refractivity (Wildman–Crippen MR) is 82.6 cm³/mol. The molecule has 0 spiro atoms. The van der Waals surface area contributed by atoms with E-state index in [1.54, 1.807) is 12.3 Å². The molecule has 0 unspecified atom stereocenters. The Morgan fingerprint density at radius 3 is 3.09 bits per heavy atom. The van der Waals surface area contributed by atoms with Crippen LogP contribution >= 0.6 is 11.3 Å². The maximum atomic E-state index is 11.9. The second kappa shape index (κ2) is 6.29. The van der Waals surface area contributed by atoms with E-state index < -0.39 is 5.91 Å². The van der Waals surface area contributed by atoms with Crippen LogP contribution in [0.25, 0.3) is 11.3 Å². The number of nitrogens with one attached hydrogen (secondary N) is 2. The highest BCUT2D eigenvalue weighted by Gasteiger charge is 2.19. The molecule has 1 saturated heterocycles. The van der Waals surface area contributed by atoms with Gasteiger partial charge in [-0.15, -0.1) is 11.3 Å². The highest BCUT2D eigenvalue weighted by Crippen LogP contribution is 2.26. The summed E-state index contributed by atoms with van der Waals surface area (Å²) in [5.74, 6) is -0.619. The minimum atomic E-state index is -0.522. The maximum Gasteiger partial charge on any atom is 0.265 e. The van der Waals surface area contributed by atoms with E-state index in [1.807, 2.05) is 5.38 Å². The number of aromatic nitrogens is 2. The van der Waals surface area contributed by atoms with Crippen molar-refractivity contribution in [3.05, 3.63) is 23.3 Å². The van der Waals surface area contributed by atoms with Crippen molar-refractivity contribution in [1.82, 2.24) is 9.97 Å². The number of thiazole rings is 1. The van der Waals surface area contributed by atoms with Gasteiger partial charge in [0.15, 0.2) is 5.13 Å². The summed E-state index contributed by atoms with van der Waals surface area (Å²) in [6.07, 6.45) is 3.96. The van der Waals surface area contributed by atoms with E-state index in [-0.39, 0.29) is 12.0 Å². The number of primary amides is 1. The molecule has 1 atom stereocenters. The lowest BCUT2D eigenvalue weighted by Gasteiger charge is -2.07. The Morgan fingerprint density at radius 1 is 1.55 bits per heavy atom. The average molecular weight is 320 g/mol. The van der Waals surface area contributed by atoms with Gasteiger partial charge >= 0.3 is 0 Å². The first-order valence-corrected chi connectivity index (χ1v) is 7.85. The number of aromatic amines is 1. The molecule has 22 heavy (non-hydrogen) atoms. The molecule has 3 heterocycles. The van der Waals surface area contributed by atoms with E-state index in [9.17, 15) is 9.59 Å². The summed E-state index contributed by atoms with van der Waals surface area (Å²) in [5.41, 5.74) is 6.96. The van der Waals surface area contributed by atoms with Gasteiger partial charge in [0.1, 0.15) is 5.69 Å². The van der Waals surface area contributed by atoms with E-state index >= 15 is 0 Å². The SMILES string of the molecule is NC(=O)c1cc(-c2csc(NC(=O)C[C@@H]3CCCO3)n2)c[nH]1. The van der Waals surface area contributed by atoms with E-state index in [0.717, 1.165) is 25.0 Å². The molecule has 1 aliphatic heterocycles. The second-order valence-corrected chi connectivity index (χ2v) is 5.95. The number of ether oxygens (including phenoxy) is 1. The molecule has 3 rings (SSSR count). The molecule has 0 radical (unpaired) electrons. The Balaban J connectivity index is 1.62. The molecule has 0 saturated carbocycles. The number of rotatable bonds is 5. The van der Waals surface area contributed by atoms with Crippen LogP contribution in [0.5, 0.6) is 0 Å². The van der Waals surface area contributed by atoms with Crippen molar-refractivity contribution in [3.63, 3.8) is 0 Å². The molecular weight excluding hydrogens is 304 g/mol. The van der Waals surface area contributed by atoms with Gasteiger partial charge in [-0.25, -0.2) is 4.98 Å². The zero-order valence-electron chi connectivity index (χ0n) is 11.8. The number of carbonyl (C=O) groups excluding carboxylic acids is 2. The summed E-state index contributed by atoms with van der Waals surface area (Å²) < 4.78 is 5.44. The molecule has 2 amide bonds. The van der Waals surface area contributed by atoms with Crippen LogP contribution in [0.2, 0.25) is 0 Å². The van der Waals surface area contributed by atoms with Crippen molar-refractivity contribution in [2.75, 3.05) is 11.9 Å². The van der Waals surface area contributed by atoms with Gasteiger partial charge in [0.25, 0.3) is 5.91 Å². The standard InChI is InChI=1S/C14H16N4O3S/c15-13(20)10-4-8(6-16-10)11-7-22-14(17-11)18-12(19)5-9-2-1-3-21-9/h4,6-7,9,16H,1-3,5H2,(H2,15,20)(H,17,18,19)/t9-/m0/s1. The number of amides is 2. The van der Waals surface area contributed by atoms with Crippen molar-refractivity contribution in [2.45, 2.75) is 25.4 Å². The lowest BCUT2D eigenvalue weighted by molar-refractivity contribution is -0.118. The quantitative estimate of drug-likeness (QED) is 0.779. The van der Waals surface area contributed by atoms with Gasteiger partial charge in [-0.3, -0.25) is 9.59 Å². The van der Waals surface area contributed by atoms with Crippen LogP contribution in [0.1, 0.15) is 29.8 Å². The fourth-order valence-corrected chi connectivity index (χ4v) is 3.07. The van der Waals surface area contributed by atoms with Crippen molar-refractivity contribution in [3.8, 4) is 11.3 Å². The fourth-order valence-electron chi connectivity index (χ4n) is 2.33. The first-order valence-electron chi connectivity index (χ1n) is 6.97. The third-order valence-electron chi connectivity index (χ3n) is 3.43. The lowest BCUT2D eigenvalue weighted by atomic mass is 10.2. The van der Waals surface area contributed by atoms with Crippen LogP contribution in [0.15, 0.2) is 17.6 Å². The van der Waals surface area contributed by atoms with Crippen LogP contribution in [0, 0.1) is 0 Å². The number of anilines is 1. The van der Waals surface area contributed by atoms with E-state index in [2.05, 4.69) is 15.3 Å². The number of hydrogen-bond acceptors (Lipinski definition) is 5. The Kier molecular flexibility index (Phi) is 4.21. The van der Waals surface area contributed by atoms with E-state index in [4.69, 9.17) is 10.5 Å². The zero-order valence-corrected chi connectivity index (χ0v) is 12.6. The number of hydrogen-bond donors (Lipinski definition) is 3. The van der Waals surface area contributed by atoms with Gasteiger partial charge in [0, 0.05) is 23.7 Å². The summed E-state index contributed by atoms with van der Waals surface area (Å²) in [5, 5.41) is 5.12. The average Bonchev–Trinajstić information content (AvgIpc) is 3.18. The summed E-state index contributed by atoms with van der Waals surface area (Å²) >= 11 is 1.33. The van der Waals surface area contributed by atoms with Crippen molar-refractivity contribution < 1.29 is 14.3 Å². The van der Waals surface area contributed by atoms with Crippen molar-refractivity contribution >= 4 is 28.3 Å². The number of nitrogens with zero attached hydrogens (tertiary/aromatic N) is 1. The summed E-state index contributed by atoms with van der Waals surface area (Å²) in [7, 11) is 0. The fraction of sp³-hybridized carbons (Fsp3) is 0.357. The van der Waals surface area contributed by atoms with Gasteiger partial charge in [-0.2, -0.15) is 0 Å². The zero-order chi connectivity index (χ0) is 15.5. The molecule has 7 nitrogen and oxygen atoms in total. The number of nitrogens with two attached hydrogens (primary N) is 1. The van der Waals surface area contributed by atoms with Crippen LogP contribution in [-0.2, 0) is 9.53 Å². The minimum absolute atomic E-state index is 0.0160. The molecule has 2 aromatic heterocycles. The first kappa shape index (κ1) is 14.7. The van der Waals surface area contributed by atoms with Crippen molar-refractivity contribution in [2.24, 2.45) is 5.73 Å². The van der Waals surface area contributed by atoms with Gasteiger partial charge < -0.3 is 20.8 Å². The molecular formula is C14H16N4O3S. The third kappa shape index (κ3) is 3.34. The number of H-pyrrole nitrogens is 1.